The van der Waals surface area contributed by atoms with Gasteiger partial charge in [0.1, 0.15) is 5.82 Å². The highest BCUT2D eigenvalue weighted by molar-refractivity contribution is 7.99. The second-order valence-corrected chi connectivity index (χ2v) is 6.54. The van der Waals surface area contributed by atoms with E-state index in [-0.39, 0.29) is 17.9 Å². The molecule has 5 nitrogen and oxygen atoms in total. The van der Waals surface area contributed by atoms with Crippen molar-refractivity contribution in [3.63, 3.8) is 0 Å². The van der Waals surface area contributed by atoms with Gasteiger partial charge in [-0.1, -0.05) is 23.9 Å². The van der Waals surface area contributed by atoms with Crippen molar-refractivity contribution in [1.82, 2.24) is 10.2 Å². The van der Waals surface area contributed by atoms with Crippen LogP contribution in [0, 0.1) is 5.82 Å². The molecule has 2 heterocycles. The van der Waals surface area contributed by atoms with Crippen LogP contribution < -0.4 is 9.47 Å². The Labute approximate surface area is 141 Å². The zero-order chi connectivity index (χ0) is 16.5. The first-order valence-corrected chi connectivity index (χ1v) is 8.22. The van der Waals surface area contributed by atoms with Gasteiger partial charge in [0.2, 0.25) is 12.7 Å². The Morgan fingerprint density at radius 2 is 1.83 bits per heavy atom. The minimum atomic E-state index is -0.251. The predicted molar refractivity (Wildman–Crippen MR) is 86.5 cm³/mol. The van der Waals surface area contributed by atoms with Gasteiger partial charge in [0.05, 0.1) is 0 Å². The van der Waals surface area contributed by atoms with E-state index in [1.807, 2.05) is 25.1 Å². The number of halogens is 1. The summed E-state index contributed by atoms with van der Waals surface area (Å²) < 4.78 is 29.3. The Morgan fingerprint density at radius 3 is 2.67 bits per heavy atom. The Hall–Kier alpha value is -2.54. The summed E-state index contributed by atoms with van der Waals surface area (Å²) in [5, 5.41) is 8.67. The zero-order valence-electron chi connectivity index (χ0n) is 12.7. The Balaban J connectivity index is 1.51. The molecule has 0 spiro atoms. The van der Waals surface area contributed by atoms with Gasteiger partial charge in [-0.05, 0) is 42.8 Å². The minimum absolute atomic E-state index is 0.0654. The highest BCUT2D eigenvalue weighted by Crippen LogP contribution is 2.38. The van der Waals surface area contributed by atoms with Gasteiger partial charge in [-0.15, -0.1) is 10.2 Å². The first-order valence-electron chi connectivity index (χ1n) is 7.35. The van der Waals surface area contributed by atoms with Gasteiger partial charge in [-0.2, -0.15) is 0 Å². The van der Waals surface area contributed by atoms with Crippen molar-refractivity contribution in [2.75, 3.05) is 6.79 Å². The van der Waals surface area contributed by atoms with Crippen molar-refractivity contribution in [2.45, 2.75) is 17.4 Å². The van der Waals surface area contributed by atoms with E-state index >= 15 is 0 Å². The first-order chi connectivity index (χ1) is 11.7. The van der Waals surface area contributed by atoms with Crippen molar-refractivity contribution in [3.05, 3.63) is 53.8 Å². The number of thioether (sulfide) groups is 1. The van der Waals surface area contributed by atoms with E-state index in [0.717, 1.165) is 11.1 Å². The Morgan fingerprint density at radius 1 is 1.04 bits per heavy atom. The van der Waals surface area contributed by atoms with Crippen LogP contribution >= 0.6 is 11.8 Å². The summed E-state index contributed by atoms with van der Waals surface area (Å²) in [4.78, 5) is 0. The summed E-state index contributed by atoms with van der Waals surface area (Å²) in [6.07, 6.45) is 0. The van der Waals surface area contributed by atoms with E-state index in [1.54, 1.807) is 12.1 Å². The molecule has 0 radical (unpaired) electrons. The third kappa shape index (κ3) is 2.94. The van der Waals surface area contributed by atoms with E-state index in [9.17, 15) is 4.39 Å². The van der Waals surface area contributed by atoms with Gasteiger partial charge < -0.3 is 13.9 Å². The summed E-state index contributed by atoms with van der Waals surface area (Å²) in [6, 6.07) is 11.9. The lowest BCUT2D eigenvalue weighted by Gasteiger charge is -2.08. The van der Waals surface area contributed by atoms with E-state index in [2.05, 4.69) is 10.2 Å². The molecule has 4 rings (SSSR count). The highest BCUT2D eigenvalue weighted by Gasteiger charge is 2.18. The molecule has 1 atom stereocenters. The molecule has 0 N–H and O–H groups in total. The summed E-state index contributed by atoms with van der Waals surface area (Å²) in [6.45, 7) is 2.22. The molecule has 0 bridgehead atoms. The maximum atomic E-state index is 13.0. The fourth-order valence-corrected chi connectivity index (χ4v) is 3.17. The van der Waals surface area contributed by atoms with Crippen LogP contribution in [0.1, 0.15) is 17.7 Å². The van der Waals surface area contributed by atoms with Crippen LogP contribution in [0.3, 0.4) is 0 Å². The Kier molecular flexibility index (Phi) is 3.86. The summed E-state index contributed by atoms with van der Waals surface area (Å²) in [5.41, 5.74) is 1.76. The van der Waals surface area contributed by atoms with E-state index in [4.69, 9.17) is 13.9 Å². The summed E-state index contributed by atoms with van der Waals surface area (Å²) in [7, 11) is 0. The average Bonchev–Trinajstić information content (AvgIpc) is 3.23. The smallest absolute Gasteiger partial charge is 0.277 e. The van der Waals surface area contributed by atoms with E-state index in [1.165, 1.54) is 23.9 Å². The number of hydrogen-bond donors (Lipinski definition) is 0. The molecule has 1 aliphatic rings. The quantitative estimate of drug-likeness (QED) is 0.652. The third-order valence-corrected chi connectivity index (χ3v) is 4.64. The van der Waals surface area contributed by atoms with Crippen LogP contribution in [0.15, 0.2) is 52.1 Å². The number of hydrogen-bond acceptors (Lipinski definition) is 6. The molecular weight excluding hydrogens is 331 g/mol. The summed E-state index contributed by atoms with van der Waals surface area (Å²) >= 11 is 1.42. The monoisotopic (exact) mass is 344 g/mol. The summed E-state index contributed by atoms with van der Waals surface area (Å²) in [5.74, 6) is 1.54. The second-order valence-electron chi connectivity index (χ2n) is 5.25. The average molecular weight is 344 g/mol. The van der Waals surface area contributed by atoms with E-state index in [0.29, 0.717) is 22.6 Å². The SMILES string of the molecule is CC(Sc1nnc(-c2ccc3c(c2)OCO3)o1)c1ccc(F)cc1. The number of aromatic nitrogens is 2. The fraction of sp³-hybridized carbons (Fsp3) is 0.176. The lowest BCUT2D eigenvalue weighted by atomic mass is 10.2. The molecule has 0 aliphatic carbocycles. The fourth-order valence-electron chi connectivity index (χ4n) is 2.36. The molecule has 122 valence electrons. The molecular formula is C17H13FN2O3S. The molecule has 1 aromatic heterocycles. The van der Waals surface area contributed by atoms with Gasteiger partial charge in [0.15, 0.2) is 11.5 Å². The number of nitrogens with zero attached hydrogens (tertiary/aromatic N) is 2. The molecule has 0 amide bonds. The number of benzene rings is 2. The van der Waals surface area contributed by atoms with Crippen LogP contribution in [0.2, 0.25) is 0 Å². The standard InChI is InChI=1S/C17H13FN2O3S/c1-10(11-2-5-13(18)6-3-11)24-17-20-19-16(23-17)12-4-7-14-15(8-12)22-9-21-14/h2-8,10H,9H2,1H3. The van der Waals surface area contributed by atoms with Crippen molar-refractivity contribution in [3.8, 4) is 23.0 Å². The van der Waals surface area contributed by atoms with Crippen LogP contribution in [0.5, 0.6) is 11.5 Å². The van der Waals surface area contributed by atoms with Gasteiger partial charge in [-0.3, -0.25) is 0 Å². The molecule has 0 fully saturated rings. The molecule has 0 saturated carbocycles. The van der Waals surface area contributed by atoms with Crippen LogP contribution in [0.4, 0.5) is 4.39 Å². The third-order valence-electron chi connectivity index (χ3n) is 3.64. The minimum Gasteiger partial charge on any atom is -0.454 e. The van der Waals surface area contributed by atoms with E-state index < -0.39 is 0 Å². The number of rotatable bonds is 4. The maximum absolute atomic E-state index is 13.0. The second kappa shape index (κ2) is 6.16. The van der Waals surface area contributed by atoms with Gasteiger partial charge in [-0.25, -0.2) is 4.39 Å². The largest absolute Gasteiger partial charge is 0.454 e. The van der Waals surface area contributed by atoms with Crippen molar-refractivity contribution in [2.24, 2.45) is 0 Å². The topological polar surface area (TPSA) is 57.4 Å². The van der Waals surface area contributed by atoms with Crippen LogP contribution in [0.25, 0.3) is 11.5 Å². The zero-order valence-corrected chi connectivity index (χ0v) is 13.5. The Bertz CT molecular complexity index is 867. The van der Waals surface area contributed by atoms with Crippen molar-refractivity contribution in [1.29, 1.82) is 0 Å². The molecule has 1 aliphatic heterocycles. The van der Waals surface area contributed by atoms with Gasteiger partial charge in [0, 0.05) is 10.8 Å². The van der Waals surface area contributed by atoms with Crippen LogP contribution in [-0.2, 0) is 0 Å². The number of fused-ring (bicyclic) bond motifs is 1. The normalized spacial score (nSPS) is 13.9. The van der Waals surface area contributed by atoms with Gasteiger partial charge >= 0.3 is 0 Å². The lowest BCUT2D eigenvalue weighted by Crippen LogP contribution is -1.92. The maximum Gasteiger partial charge on any atom is 0.277 e. The highest BCUT2D eigenvalue weighted by atomic mass is 32.2. The first kappa shape index (κ1) is 15.0. The lowest BCUT2D eigenvalue weighted by molar-refractivity contribution is 0.174. The molecule has 0 saturated heterocycles. The molecule has 7 heteroatoms. The molecule has 24 heavy (non-hydrogen) atoms. The van der Waals surface area contributed by atoms with Crippen LogP contribution in [-0.4, -0.2) is 17.0 Å². The molecule has 1 unspecified atom stereocenters. The molecule has 3 aromatic rings. The molecule has 2 aromatic carbocycles. The van der Waals surface area contributed by atoms with Gasteiger partial charge in [0.25, 0.3) is 5.22 Å². The van der Waals surface area contributed by atoms with Crippen molar-refractivity contribution >= 4 is 11.8 Å². The number of ether oxygens (including phenoxy) is 2. The predicted octanol–water partition coefficient (Wildman–Crippen LogP) is 4.46. The van der Waals surface area contributed by atoms with Crippen molar-refractivity contribution < 1.29 is 18.3 Å².